The summed E-state index contributed by atoms with van der Waals surface area (Å²) >= 11 is 0. The second kappa shape index (κ2) is 2.95. The second-order valence-corrected chi connectivity index (χ2v) is 1.79. The van der Waals surface area contributed by atoms with Crippen LogP contribution in [0.4, 0.5) is 0 Å². The smallest absolute Gasteiger partial charge is 0.109 e. The van der Waals surface area contributed by atoms with Crippen LogP contribution >= 0.6 is 0 Å². The van der Waals surface area contributed by atoms with E-state index in [1.54, 1.807) is 6.07 Å². The van der Waals surface area contributed by atoms with Crippen molar-refractivity contribution in [3.05, 3.63) is 29.6 Å². The van der Waals surface area contributed by atoms with Crippen molar-refractivity contribution < 1.29 is 5.11 Å². The highest BCUT2D eigenvalue weighted by Crippen LogP contribution is 2.03. The molecular formula is C7H5N2O. The number of aromatic nitrogens is 1. The number of hydrogen-bond acceptors (Lipinski definition) is 2. The topological polar surface area (TPSA) is 56.6 Å². The van der Waals surface area contributed by atoms with Crippen LogP contribution in [0.5, 0.6) is 0 Å². The molecular weight excluding hydrogens is 128 g/mol. The third-order valence-electron chi connectivity index (χ3n) is 1.19. The van der Waals surface area contributed by atoms with Gasteiger partial charge in [0.1, 0.15) is 12.7 Å². The molecule has 3 heteroatoms. The molecule has 1 rings (SSSR count). The van der Waals surface area contributed by atoms with E-state index in [0.717, 1.165) is 0 Å². The first-order valence-electron chi connectivity index (χ1n) is 2.79. The predicted octanol–water partition coefficient (Wildman–Crippen LogP) is 0.884. The quantitative estimate of drug-likeness (QED) is 0.571. The van der Waals surface area contributed by atoms with Crippen LogP contribution < -0.4 is 0 Å². The summed E-state index contributed by atoms with van der Waals surface area (Å²) in [7, 11) is 0. The Balaban J connectivity index is 3.12. The first-order valence-corrected chi connectivity index (χ1v) is 2.79. The molecule has 0 saturated heterocycles. The van der Waals surface area contributed by atoms with E-state index in [9.17, 15) is 5.11 Å². The summed E-state index contributed by atoms with van der Waals surface area (Å²) in [4.78, 5) is 3.70. The van der Waals surface area contributed by atoms with E-state index in [-0.39, 0.29) is 6.61 Å². The van der Waals surface area contributed by atoms with Gasteiger partial charge in [-0.15, -0.1) is 0 Å². The molecule has 10 heavy (non-hydrogen) atoms. The minimum absolute atomic E-state index is 0.356. The fourth-order valence-electron chi connectivity index (χ4n) is 0.650. The summed E-state index contributed by atoms with van der Waals surface area (Å²) in [5, 5.41) is 18.8. The molecule has 1 radical (unpaired) electrons. The first kappa shape index (κ1) is 6.72. The Hall–Kier alpha value is -1.40. The summed E-state index contributed by atoms with van der Waals surface area (Å²) in [5.41, 5.74) is 0.884. The molecule has 0 N–H and O–H groups in total. The molecule has 1 heterocycles. The summed E-state index contributed by atoms with van der Waals surface area (Å²) < 4.78 is 0. The second-order valence-electron chi connectivity index (χ2n) is 1.79. The Kier molecular flexibility index (Phi) is 1.98. The fourth-order valence-corrected chi connectivity index (χ4v) is 0.650. The predicted molar refractivity (Wildman–Crippen MR) is 33.3 cm³/mol. The molecule has 0 aliphatic heterocycles. The van der Waals surface area contributed by atoms with E-state index < -0.39 is 0 Å². The highest BCUT2D eigenvalue weighted by Gasteiger charge is 1.97. The summed E-state index contributed by atoms with van der Waals surface area (Å²) in [6.07, 6.45) is 2.90. The Bertz CT molecular complexity index is 265. The third kappa shape index (κ3) is 1.12. The van der Waals surface area contributed by atoms with Crippen LogP contribution in [-0.2, 0) is 11.7 Å². The van der Waals surface area contributed by atoms with Gasteiger partial charge in [-0.1, -0.05) is 0 Å². The molecule has 0 amide bonds. The molecule has 0 aliphatic rings. The lowest BCUT2D eigenvalue weighted by atomic mass is 10.2. The van der Waals surface area contributed by atoms with E-state index in [1.807, 2.05) is 6.07 Å². The van der Waals surface area contributed by atoms with Crippen LogP contribution in [0, 0.1) is 11.3 Å². The van der Waals surface area contributed by atoms with E-state index in [2.05, 4.69) is 4.98 Å². The van der Waals surface area contributed by atoms with Gasteiger partial charge >= 0.3 is 0 Å². The summed E-state index contributed by atoms with van der Waals surface area (Å²) in [6.45, 7) is -0.356. The Morgan fingerprint density at radius 1 is 1.70 bits per heavy atom. The molecule has 0 unspecified atom stereocenters. The molecule has 0 fully saturated rings. The van der Waals surface area contributed by atoms with Crippen molar-refractivity contribution in [2.45, 2.75) is 6.61 Å². The van der Waals surface area contributed by atoms with Crippen molar-refractivity contribution in [1.29, 1.82) is 5.26 Å². The van der Waals surface area contributed by atoms with Crippen LogP contribution in [-0.4, -0.2) is 4.98 Å². The minimum Gasteiger partial charge on any atom is -0.263 e. The van der Waals surface area contributed by atoms with Crippen LogP contribution in [0.2, 0.25) is 0 Å². The number of hydrogen-bond donors (Lipinski definition) is 0. The third-order valence-corrected chi connectivity index (χ3v) is 1.19. The van der Waals surface area contributed by atoms with Crippen LogP contribution in [0.25, 0.3) is 0 Å². The van der Waals surface area contributed by atoms with Crippen molar-refractivity contribution in [2.24, 2.45) is 0 Å². The van der Waals surface area contributed by atoms with Crippen molar-refractivity contribution in [3.8, 4) is 6.07 Å². The van der Waals surface area contributed by atoms with Crippen molar-refractivity contribution in [1.82, 2.24) is 4.98 Å². The normalized spacial score (nSPS) is 8.80. The van der Waals surface area contributed by atoms with Crippen molar-refractivity contribution in [3.63, 3.8) is 0 Å². The zero-order valence-corrected chi connectivity index (χ0v) is 5.24. The molecule has 3 nitrogen and oxygen atoms in total. The molecule has 0 aromatic carbocycles. The van der Waals surface area contributed by atoms with E-state index in [1.165, 1.54) is 12.4 Å². The molecule has 1 aromatic heterocycles. The van der Waals surface area contributed by atoms with Crippen molar-refractivity contribution in [2.75, 3.05) is 0 Å². The lowest BCUT2D eigenvalue weighted by Gasteiger charge is -1.93. The van der Waals surface area contributed by atoms with Gasteiger partial charge in [-0.2, -0.15) is 5.26 Å². The Labute approximate surface area is 58.6 Å². The van der Waals surface area contributed by atoms with Gasteiger partial charge in [0.2, 0.25) is 0 Å². The maximum absolute atomic E-state index is 10.3. The standard InChI is InChI=1S/C7H5N2O/c8-3-7-4-9-2-1-6(7)5-10/h1-2,4H,5H2. The average Bonchev–Trinajstić information content (AvgIpc) is 2.04. The Morgan fingerprint density at radius 3 is 3.00 bits per heavy atom. The lowest BCUT2D eigenvalue weighted by molar-refractivity contribution is 0.177. The van der Waals surface area contributed by atoms with Gasteiger partial charge in [0.15, 0.2) is 0 Å². The molecule has 1 aromatic rings. The van der Waals surface area contributed by atoms with Crippen LogP contribution in [0.15, 0.2) is 18.5 Å². The SMILES string of the molecule is N#Cc1cnccc1C[O]. The highest BCUT2D eigenvalue weighted by atomic mass is 16.3. The number of nitriles is 1. The van der Waals surface area contributed by atoms with Gasteiger partial charge in [-0.25, -0.2) is 5.11 Å². The van der Waals surface area contributed by atoms with Gasteiger partial charge in [-0.3, -0.25) is 4.98 Å². The van der Waals surface area contributed by atoms with Gasteiger partial charge < -0.3 is 0 Å². The number of rotatable bonds is 1. The Morgan fingerprint density at radius 2 is 2.50 bits per heavy atom. The largest absolute Gasteiger partial charge is 0.263 e. The number of pyridine rings is 1. The van der Waals surface area contributed by atoms with Gasteiger partial charge in [0, 0.05) is 18.0 Å². The summed E-state index contributed by atoms with van der Waals surface area (Å²) in [6, 6.07) is 3.45. The van der Waals surface area contributed by atoms with E-state index >= 15 is 0 Å². The summed E-state index contributed by atoms with van der Waals surface area (Å²) in [5.74, 6) is 0. The first-order chi connectivity index (χ1) is 4.88. The van der Waals surface area contributed by atoms with Gasteiger partial charge in [0.25, 0.3) is 0 Å². The maximum atomic E-state index is 10.3. The lowest BCUT2D eigenvalue weighted by Crippen LogP contribution is -1.88. The zero-order valence-electron chi connectivity index (χ0n) is 5.24. The van der Waals surface area contributed by atoms with Gasteiger partial charge in [-0.05, 0) is 6.07 Å². The monoisotopic (exact) mass is 133 g/mol. The molecule has 0 saturated carbocycles. The number of nitrogens with zero attached hydrogens (tertiary/aromatic N) is 2. The zero-order chi connectivity index (χ0) is 7.40. The molecule has 49 valence electrons. The molecule has 0 aliphatic carbocycles. The van der Waals surface area contributed by atoms with Gasteiger partial charge in [0.05, 0.1) is 5.56 Å². The maximum Gasteiger partial charge on any atom is 0.109 e. The molecule has 0 bridgehead atoms. The molecule has 0 atom stereocenters. The molecule has 0 spiro atoms. The van der Waals surface area contributed by atoms with E-state index in [4.69, 9.17) is 5.26 Å². The highest BCUT2D eigenvalue weighted by molar-refractivity contribution is 5.33. The minimum atomic E-state index is -0.356. The fraction of sp³-hybridized carbons (Fsp3) is 0.143. The van der Waals surface area contributed by atoms with Crippen LogP contribution in [0.1, 0.15) is 11.1 Å². The average molecular weight is 133 g/mol. The van der Waals surface area contributed by atoms with E-state index in [0.29, 0.717) is 11.1 Å². The van der Waals surface area contributed by atoms with Crippen molar-refractivity contribution >= 4 is 0 Å². The van der Waals surface area contributed by atoms with Crippen LogP contribution in [0.3, 0.4) is 0 Å².